The first-order chi connectivity index (χ1) is 12.5. The number of benzene rings is 2. The van der Waals surface area contributed by atoms with Gasteiger partial charge in [-0.05, 0) is 26.3 Å². The Morgan fingerprint density at radius 3 is 1.92 bits per heavy atom. The van der Waals surface area contributed by atoms with Gasteiger partial charge in [-0.15, -0.1) is 23.5 Å². The van der Waals surface area contributed by atoms with E-state index in [4.69, 9.17) is 0 Å². The van der Waals surface area contributed by atoms with E-state index in [9.17, 15) is 9.59 Å². The van der Waals surface area contributed by atoms with Crippen LogP contribution in [0.1, 0.15) is 27.1 Å². The lowest BCUT2D eigenvalue weighted by Gasteiger charge is -2.38. The Labute approximate surface area is 163 Å². The van der Waals surface area contributed by atoms with E-state index in [1.54, 1.807) is 24.3 Å². The molecule has 3 rings (SSSR count). The maximum Gasteiger partial charge on any atom is 0.196 e. The summed E-state index contributed by atoms with van der Waals surface area (Å²) in [5, 5.41) is 0.256. The highest BCUT2D eigenvalue weighted by Crippen LogP contribution is 2.49. The number of Topliss-reactive ketones (excluding diaryl/α,β-unsaturated/α-hetero) is 2. The molecule has 0 radical (unpaired) electrons. The second kappa shape index (κ2) is 8.42. The zero-order valence-electron chi connectivity index (χ0n) is 15.1. The Balaban J connectivity index is 2.01. The normalized spacial score (nSPS) is 19.3. The van der Waals surface area contributed by atoms with Crippen molar-refractivity contribution >= 4 is 35.1 Å². The third-order valence-corrected chi connectivity index (χ3v) is 7.60. The van der Waals surface area contributed by atoms with Gasteiger partial charge in [0.1, 0.15) is 0 Å². The van der Waals surface area contributed by atoms with Crippen LogP contribution in [0.3, 0.4) is 0 Å². The summed E-state index contributed by atoms with van der Waals surface area (Å²) in [6.07, 6.45) is 0.999. The molecule has 136 valence electrons. The quantitative estimate of drug-likeness (QED) is 0.549. The van der Waals surface area contributed by atoms with Crippen LogP contribution in [0.15, 0.2) is 60.7 Å². The van der Waals surface area contributed by atoms with E-state index in [-0.39, 0.29) is 16.8 Å². The van der Waals surface area contributed by atoms with Crippen LogP contribution >= 0.6 is 23.5 Å². The maximum atomic E-state index is 13.5. The lowest BCUT2D eigenvalue weighted by molar-refractivity contribution is 0.0886. The molecule has 1 fully saturated rings. The minimum Gasteiger partial charge on any atom is -0.308 e. The lowest BCUT2D eigenvalue weighted by Crippen LogP contribution is -2.46. The average molecular weight is 386 g/mol. The summed E-state index contributed by atoms with van der Waals surface area (Å²) >= 11 is 3.03. The zero-order chi connectivity index (χ0) is 18.6. The Hall–Kier alpha value is -1.56. The van der Waals surface area contributed by atoms with Gasteiger partial charge >= 0.3 is 0 Å². The molecule has 3 nitrogen and oxygen atoms in total. The molecule has 5 heteroatoms. The van der Waals surface area contributed by atoms with E-state index in [1.165, 1.54) is 23.5 Å². The molecule has 0 spiro atoms. The molecule has 2 aromatic rings. The van der Waals surface area contributed by atoms with Crippen molar-refractivity contribution in [2.24, 2.45) is 0 Å². The van der Waals surface area contributed by atoms with Crippen LogP contribution in [0.4, 0.5) is 0 Å². The van der Waals surface area contributed by atoms with Crippen LogP contribution in [0.2, 0.25) is 0 Å². The van der Waals surface area contributed by atoms with Gasteiger partial charge in [-0.2, -0.15) is 0 Å². The monoisotopic (exact) mass is 385 g/mol. The number of ketones is 2. The SMILES string of the molecule is CN(C)C[C@@H]1CCSC(C(=O)c2ccccc2)(C(=O)c2ccccc2)S1. The van der Waals surface area contributed by atoms with Crippen molar-refractivity contribution in [3.05, 3.63) is 71.8 Å². The lowest BCUT2D eigenvalue weighted by atomic mass is 10.0. The average Bonchev–Trinajstić information content (AvgIpc) is 2.67. The molecule has 1 aliphatic rings. The van der Waals surface area contributed by atoms with E-state index in [1.807, 2.05) is 50.5 Å². The summed E-state index contributed by atoms with van der Waals surface area (Å²) in [4.78, 5) is 29.1. The second-order valence-electron chi connectivity index (χ2n) is 6.65. The topological polar surface area (TPSA) is 37.4 Å². The van der Waals surface area contributed by atoms with Crippen molar-refractivity contribution in [3.63, 3.8) is 0 Å². The minimum atomic E-state index is -1.11. The molecule has 0 aromatic heterocycles. The molecule has 2 aromatic carbocycles. The van der Waals surface area contributed by atoms with Gasteiger partial charge in [0.2, 0.25) is 0 Å². The molecule has 0 N–H and O–H groups in total. The number of carbonyl (C=O) groups is 2. The van der Waals surface area contributed by atoms with Gasteiger partial charge in [-0.1, -0.05) is 60.7 Å². The molecular formula is C21H23NO2S2. The summed E-state index contributed by atoms with van der Waals surface area (Å²) in [5.41, 5.74) is 1.20. The fourth-order valence-electron chi connectivity index (χ4n) is 3.10. The third-order valence-electron chi connectivity index (χ3n) is 4.32. The highest BCUT2D eigenvalue weighted by atomic mass is 32.2. The number of nitrogens with zero attached hydrogens (tertiary/aromatic N) is 1. The first-order valence-corrected chi connectivity index (χ1v) is 10.6. The molecule has 1 heterocycles. The fraction of sp³-hybridized carbons (Fsp3) is 0.333. The van der Waals surface area contributed by atoms with Gasteiger partial charge in [0, 0.05) is 22.9 Å². The molecular weight excluding hydrogens is 362 g/mol. The van der Waals surface area contributed by atoms with Crippen molar-refractivity contribution in [2.75, 3.05) is 26.4 Å². The van der Waals surface area contributed by atoms with Crippen LogP contribution in [0, 0.1) is 0 Å². The fourth-order valence-corrected chi connectivity index (χ4v) is 6.89. The molecule has 26 heavy (non-hydrogen) atoms. The number of hydrogen-bond donors (Lipinski definition) is 0. The predicted octanol–water partition coefficient (Wildman–Crippen LogP) is 4.25. The van der Waals surface area contributed by atoms with Gasteiger partial charge in [-0.3, -0.25) is 9.59 Å². The first kappa shape index (κ1) is 19.2. The molecule has 0 aliphatic carbocycles. The van der Waals surface area contributed by atoms with E-state index in [0.717, 1.165) is 18.7 Å². The Morgan fingerprint density at radius 1 is 0.962 bits per heavy atom. The highest BCUT2D eigenvalue weighted by Gasteiger charge is 2.51. The molecule has 1 atom stereocenters. The Kier molecular flexibility index (Phi) is 6.22. The van der Waals surface area contributed by atoms with Crippen molar-refractivity contribution in [1.29, 1.82) is 0 Å². The van der Waals surface area contributed by atoms with Gasteiger partial charge < -0.3 is 4.90 Å². The molecule has 0 saturated carbocycles. The summed E-state index contributed by atoms with van der Waals surface area (Å²) in [6, 6.07) is 18.4. The van der Waals surface area contributed by atoms with E-state index in [2.05, 4.69) is 4.90 Å². The van der Waals surface area contributed by atoms with Crippen LogP contribution in [0.25, 0.3) is 0 Å². The summed E-state index contributed by atoms with van der Waals surface area (Å²) < 4.78 is -1.11. The number of hydrogen-bond acceptors (Lipinski definition) is 5. The minimum absolute atomic E-state index is 0.0922. The summed E-state index contributed by atoms with van der Waals surface area (Å²) in [7, 11) is 4.06. The van der Waals surface area contributed by atoms with Crippen molar-refractivity contribution in [3.8, 4) is 0 Å². The van der Waals surface area contributed by atoms with E-state index in [0.29, 0.717) is 11.1 Å². The Bertz CT molecular complexity index is 711. The van der Waals surface area contributed by atoms with Gasteiger partial charge in [0.15, 0.2) is 15.6 Å². The van der Waals surface area contributed by atoms with Crippen molar-refractivity contribution < 1.29 is 9.59 Å². The van der Waals surface area contributed by atoms with Gasteiger partial charge in [0.25, 0.3) is 0 Å². The third kappa shape index (κ3) is 4.05. The standard InChI is InChI=1S/C21H23NO2S2/c1-22(2)15-18-13-14-25-21(26-18,19(23)16-9-5-3-6-10-16)20(24)17-11-7-4-8-12-17/h3-12,18H,13-15H2,1-2H3/t18-/m0/s1. The highest BCUT2D eigenvalue weighted by molar-refractivity contribution is 8.21. The van der Waals surface area contributed by atoms with Crippen molar-refractivity contribution in [2.45, 2.75) is 15.7 Å². The molecule has 0 amide bonds. The van der Waals surface area contributed by atoms with E-state index < -0.39 is 4.08 Å². The first-order valence-electron chi connectivity index (χ1n) is 8.69. The second-order valence-corrected chi connectivity index (χ2v) is 9.73. The van der Waals surface area contributed by atoms with Crippen LogP contribution in [-0.2, 0) is 0 Å². The summed E-state index contributed by atoms with van der Waals surface area (Å²) in [5.74, 6) is 0.624. The zero-order valence-corrected chi connectivity index (χ0v) is 16.7. The maximum absolute atomic E-state index is 13.5. The summed E-state index contributed by atoms with van der Waals surface area (Å²) in [6.45, 7) is 0.858. The van der Waals surface area contributed by atoms with Gasteiger partial charge in [-0.25, -0.2) is 0 Å². The number of carbonyl (C=O) groups excluding carboxylic acids is 2. The van der Waals surface area contributed by atoms with Crippen LogP contribution in [-0.4, -0.2) is 52.2 Å². The Morgan fingerprint density at radius 2 is 1.46 bits per heavy atom. The van der Waals surface area contributed by atoms with Crippen LogP contribution in [0.5, 0.6) is 0 Å². The molecule has 0 bridgehead atoms. The van der Waals surface area contributed by atoms with E-state index >= 15 is 0 Å². The van der Waals surface area contributed by atoms with Gasteiger partial charge in [0.05, 0.1) is 0 Å². The van der Waals surface area contributed by atoms with Crippen LogP contribution < -0.4 is 0 Å². The molecule has 1 aliphatic heterocycles. The molecule has 0 unspecified atom stereocenters. The largest absolute Gasteiger partial charge is 0.308 e. The predicted molar refractivity (Wildman–Crippen MR) is 111 cm³/mol. The molecule has 1 saturated heterocycles. The smallest absolute Gasteiger partial charge is 0.196 e. The number of thioether (sulfide) groups is 2. The van der Waals surface area contributed by atoms with Crippen molar-refractivity contribution in [1.82, 2.24) is 4.90 Å². The number of rotatable bonds is 6.